The van der Waals surface area contributed by atoms with Crippen LogP contribution in [0.1, 0.15) is 38.3 Å². The first-order chi connectivity index (χ1) is 12.6. The molecule has 6 nitrogen and oxygen atoms in total. The molecule has 0 aromatic heterocycles. The second kappa shape index (κ2) is 9.83. The zero-order chi connectivity index (χ0) is 18.9. The van der Waals surface area contributed by atoms with Crippen LogP contribution in [0.3, 0.4) is 0 Å². The minimum Gasteiger partial charge on any atom is -0.493 e. The molecule has 0 saturated heterocycles. The number of nitrogens with one attached hydrogen (secondary N) is 1. The maximum Gasteiger partial charge on any atom is 0.261 e. The molecule has 1 atom stereocenters. The van der Waals surface area contributed by atoms with E-state index < -0.39 is 5.91 Å². The maximum absolute atomic E-state index is 12.3. The molecule has 0 saturated carbocycles. The van der Waals surface area contributed by atoms with Gasteiger partial charge in [0.2, 0.25) is 0 Å². The minimum absolute atomic E-state index is 0.0355. The lowest BCUT2D eigenvalue weighted by atomic mass is 10.0. The van der Waals surface area contributed by atoms with Gasteiger partial charge in [-0.1, -0.05) is 0 Å². The third-order valence-electron chi connectivity index (χ3n) is 3.95. The molecule has 1 aliphatic rings. The molecule has 6 heteroatoms. The molecular weight excluding hydrogens is 332 g/mol. The van der Waals surface area contributed by atoms with Crippen LogP contribution in [0.2, 0.25) is 0 Å². The van der Waals surface area contributed by atoms with Gasteiger partial charge < -0.3 is 19.5 Å². The summed E-state index contributed by atoms with van der Waals surface area (Å²) in [6.07, 6.45) is 3.19. The van der Waals surface area contributed by atoms with Crippen molar-refractivity contribution in [1.82, 2.24) is 5.32 Å². The van der Waals surface area contributed by atoms with Crippen LogP contribution < -0.4 is 14.8 Å². The van der Waals surface area contributed by atoms with Gasteiger partial charge in [-0.15, -0.1) is 0 Å². The molecule has 0 radical (unpaired) electrons. The summed E-state index contributed by atoms with van der Waals surface area (Å²) in [6.45, 7) is 8.02. The van der Waals surface area contributed by atoms with Crippen molar-refractivity contribution in [2.75, 3.05) is 26.4 Å². The largest absolute Gasteiger partial charge is 0.493 e. The Bertz CT molecular complexity index is 706. The number of nitrogens with zero attached hydrogens (tertiary/aromatic N) is 1. The minimum atomic E-state index is -0.402. The van der Waals surface area contributed by atoms with Crippen molar-refractivity contribution in [2.45, 2.75) is 39.7 Å². The molecule has 140 valence electrons. The molecule has 1 aromatic rings. The zero-order valence-electron chi connectivity index (χ0n) is 15.6. The highest BCUT2D eigenvalue weighted by atomic mass is 16.5. The lowest BCUT2D eigenvalue weighted by molar-refractivity contribution is -0.117. The first-order valence-electron chi connectivity index (χ1n) is 9.03. The van der Waals surface area contributed by atoms with Crippen LogP contribution in [0.4, 0.5) is 0 Å². The van der Waals surface area contributed by atoms with Crippen molar-refractivity contribution in [2.24, 2.45) is 0 Å². The average Bonchev–Trinajstić information content (AvgIpc) is 2.98. The number of nitriles is 1. The van der Waals surface area contributed by atoms with E-state index in [0.717, 1.165) is 17.7 Å². The number of rotatable bonds is 9. The number of amides is 1. The summed E-state index contributed by atoms with van der Waals surface area (Å²) in [6, 6.07) is 5.74. The third-order valence-corrected chi connectivity index (χ3v) is 3.95. The summed E-state index contributed by atoms with van der Waals surface area (Å²) in [7, 11) is 0. The fourth-order valence-electron chi connectivity index (χ4n) is 2.77. The van der Waals surface area contributed by atoms with Gasteiger partial charge in [0.1, 0.15) is 29.2 Å². The van der Waals surface area contributed by atoms with Crippen LogP contribution in [0.5, 0.6) is 11.5 Å². The highest BCUT2D eigenvalue weighted by Crippen LogP contribution is 2.36. The average molecular weight is 358 g/mol. The highest BCUT2D eigenvalue weighted by Gasteiger charge is 2.22. The van der Waals surface area contributed by atoms with E-state index in [-0.39, 0.29) is 11.7 Å². The molecule has 1 aromatic carbocycles. The topological polar surface area (TPSA) is 80.6 Å². The Morgan fingerprint density at radius 3 is 2.92 bits per heavy atom. The molecule has 0 fully saturated rings. The molecule has 2 rings (SSSR count). The van der Waals surface area contributed by atoms with Crippen LogP contribution in [0.25, 0.3) is 6.08 Å². The fraction of sp³-hybridized carbons (Fsp3) is 0.500. The quantitative estimate of drug-likeness (QED) is 0.417. The molecule has 26 heavy (non-hydrogen) atoms. The Hall–Kier alpha value is -2.52. The zero-order valence-corrected chi connectivity index (χ0v) is 15.6. The monoisotopic (exact) mass is 358 g/mol. The van der Waals surface area contributed by atoms with Crippen LogP contribution in [0.15, 0.2) is 17.7 Å². The number of fused-ring (bicyclic) bond motifs is 1. The summed E-state index contributed by atoms with van der Waals surface area (Å²) < 4.78 is 16.7. The number of hydrogen-bond donors (Lipinski definition) is 1. The molecule has 0 unspecified atom stereocenters. The molecule has 1 N–H and O–H groups in total. The van der Waals surface area contributed by atoms with Crippen LogP contribution in [0, 0.1) is 11.3 Å². The number of carbonyl (C=O) groups excluding carboxylic acids is 1. The van der Waals surface area contributed by atoms with Gasteiger partial charge in [0, 0.05) is 37.3 Å². The van der Waals surface area contributed by atoms with Crippen molar-refractivity contribution in [3.05, 3.63) is 28.8 Å². The molecule has 0 spiro atoms. The summed E-state index contributed by atoms with van der Waals surface area (Å²) in [5, 5.41) is 12.1. The van der Waals surface area contributed by atoms with E-state index in [1.165, 1.54) is 0 Å². The van der Waals surface area contributed by atoms with E-state index in [1.807, 2.05) is 39.0 Å². The summed E-state index contributed by atoms with van der Waals surface area (Å²) in [5.41, 5.74) is 1.78. The smallest absolute Gasteiger partial charge is 0.261 e. The van der Waals surface area contributed by atoms with E-state index in [1.54, 1.807) is 6.08 Å². The van der Waals surface area contributed by atoms with E-state index >= 15 is 0 Å². The molecule has 1 aliphatic heterocycles. The summed E-state index contributed by atoms with van der Waals surface area (Å²) >= 11 is 0. The Morgan fingerprint density at radius 2 is 2.23 bits per heavy atom. The number of carbonyl (C=O) groups is 1. The van der Waals surface area contributed by atoms with Gasteiger partial charge >= 0.3 is 0 Å². The molecule has 0 aliphatic carbocycles. The second-order valence-corrected chi connectivity index (χ2v) is 6.04. The highest BCUT2D eigenvalue weighted by molar-refractivity contribution is 6.02. The lowest BCUT2D eigenvalue weighted by Crippen LogP contribution is -2.26. The first kappa shape index (κ1) is 19.8. The van der Waals surface area contributed by atoms with Crippen LogP contribution in [-0.4, -0.2) is 38.4 Å². The van der Waals surface area contributed by atoms with Crippen molar-refractivity contribution in [3.8, 4) is 17.6 Å². The standard InChI is InChI=1S/C20H26N2O4/c1-4-24-8-6-7-22-20(23)17(13-21)10-16-12-19-15(9-14(3)26-19)11-18(16)25-5-2/h10-12,14H,4-9H2,1-3H3,(H,22,23)/b17-10+/t14-/m1/s1. The first-order valence-corrected chi connectivity index (χ1v) is 9.03. The van der Waals surface area contributed by atoms with Crippen molar-refractivity contribution >= 4 is 12.0 Å². The van der Waals surface area contributed by atoms with Crippen molar-refractivity contribution < 1.29 is 19.0 Å². The Kier molecular flexibility index (Phi) is 7.49. The number of ether oxygens (including phenoxy) is 3. The molecule has 0 bridgehead atoms. The van der Waals surface area contributed by atoms with Gasteiger partial charge in [0.15, 0.2) is 0 Å². The SMILES string of the molecule is CCOCCCNC(=O)/C(C#N)=C/c1cc2c(cc1OCC)C[C@@H](C)O2. The van der Waals surface area contributed by atoms with Crippen molar-refractivity contribution in [1.29, 1.82) is 5.26 Å². The Morgan fingerprint density at radius 1 is 1.42 bits per heavy atom. The number of benzene rings is 1. The Labute approximate surface area is 154 Å². The molecular formula is C20H26N2O4. The molecule has 1 amide bonds. The van der Waals surface area contributed by atoms with Gasteiger partial charge in [-0.2, -0.15) is 5.26 Å². The fourth-order valence-corrected chi connectivity index (χ4v) is 2.77. The van der Waals surface area contributed by atoms with E-state index in [4.69, 9.17) is 14.2 Å². The van der Waals surface area contributed by atoms with Crippen molar-refractivity contribution in [3.63, 3.8) is 0 Å². The van der Waals surface area contributed by atoms with E-state index in [0.29, 0.717) is 44.1 Å². The second-order valence-electron chi connectivity index (χ2n) is 6.04. The normalized spacial score (nSPS) is 15.8. The van der Waals surface area contributed by atoms with Crippen LogP contribution >= 0.6 is 0 Å². The van der Waals surface area contributed by atoms with E-state index in [9.17, 15) is 10.1 Å². The Balaban J connectivity index is 2.15. The summed E-state index contributed by atoms with van der Waals surface area (Å²) in [4.78, 5) is 12.3. The summed E-state index contributed by atoms with van der Waals surface area (Å²) in [5.74, 6) is 1.03. The van der Waals surface area contributed by atoms with Gasteiger partial charge in [-0.3, -0.25) is 4.79 Å². The van der Waals surface area contributed by atoms with E-state index in [2.05, 4.69) is 5.32 Å². The van der Waals surface area contributed by atoms with Gasteiger partial charge in [0.05, 0.1) is 6.61 Å². The number of hydrogen-bond acceptors (Lipinski definition) is 5. The predicted molar refractivity (Wildman–Crippen MR) is 99.1 cm³/mol. The molecule has 1 heterocycles. The van der Waals surface area contributed by atoms with Gasteiger partial charge in [-0.25, -0.2) is 0 Å². The predicted octanol–water partition coefficient (Wildman–Crippen LogP) is 2.86. The third kappa shape index (κ3) is 5.24. The lowest BCUT2D eigenvalue weighted by Gasteiger charge is -2.11. The van der Waals surface area contributed by atoms with Crippen LogP contribution in [-0.2, 0) is 16.0 Å². The van der Waals surface area contributed by atoms with Gasteiger partial charge in [0.25, 0.3) is 5.91 Å². The van der Waals surface area contributed by atoms with Gasteiger partial charge in [-0.05, 0) is 45.4 Å². The maximum atomic E-state index is 12.3.